The summed E-state index contributed by atoms with van der Waals surface area (Å²) in [6.45, 7) is 3.72. The van der Waals surface area contributed by atoms with Crippen molar-refractivity contribution in [2.24, 2.45) is 0 Å². The highest BCUT2D eigenvalue weighted by atomic mass is 32.1. The molecule has 3 rings (SSSR count). The van der Waals surface area contributed by atoms with Crippen molar-refractivity contribution in [1.82, 2.24) is 4.57 Å². The van der Waals surface area contributed by atoms with Crippen LogP contribution in [0.15, 0.2) is 35.8 Å². The molecule has 2 unspecified atom stereocenters. The molecule has 0 spiro atoms. The fourth-order valence-corrected chi connectivity index (χ4v) is 3.90. The van der Waals surface area contributed by atoms with Gasteiger partial charge in [-0.2, -0.15) is 0 Å². The quantitative estimate of drug-likeness (QED) is 0.623. The normalized spacial score (nSPS) is 20.8. The largest absolute Gasteiger partial charge is 0.462 e. The molecule has 1 aliphatic heterocycles. The Labute approximate surface area is 140 Å². The third kappa shape index (κ3) is 3.24. The molecule has 2 aromatic heterocycles. The van der Waals surface area contributed by atoms with Gasteiger partial charge < -0.3 is 9.30 Å². The van der Waals surface area contributed by atoms with E-state index in [1.165, 1.54) is 11.3 Å². The number of thiophene rings is 1. The van der Waals surface area contributed by atoms with Crippen LogP contribution >= 0.6 is 11.3 Å². The van der Waals surface area contributed by atoms with Crippen LogP contribution in [0.3, 0.4) is 0 Å². The van der Waals surface area contributed by atoms with Crippen molar-refractivity contribution < 1.29 is 14.3 Å². The molecular weight excluding hydrogens is 310 g/mol. The Morgan fingerprint density at radius 2 is 2.09 bits per heavy atom. The van der Waals surface area contributed by atoms with Gasteiger partial charge >= 0.3 is 5.97 Å². The molecule has 1 aliphatic rings. The van der Waals surface area contributed by atoms with Crippen LogP contribution in [0.4, 0.5) is 0 Å². The first-order valence-electron chi connectivity index (χ1n) is 8.03. The van der Waals surface area contributed by atoms with E-state index < -0.39 is 0 Å². The van der Waals surface area contributed by atoms with Crippen LogP contribution < -0.4 is 0 Å². The Kier molecular flexibility index (Phi) is 4.66. The maximum absolute atomic E-state index is 12.8. The summed E-state index contributed by atoms with van der Waals surface area (Å²) in [5.41, 5.74) is 0.892. The highest BCUT2D eigenvalue weighted by Gasteiger charge is 2.33. The Morgan fingerprint density at radius 3 is 2.78 bits per heavy atom. The fourth-order valence-electron chi connectivity index (χ4n) is 3.18. The Balaban J connectivity index is 1.90. The van der Waals surface area contributed by atoms with Crippen molar-refractivity contribution in [3.8, 4) is 0 Å². The molecule has 5 heteroatoms. The van der Waals surface area contributed by atoms with Crippen molar-refractivity contribution in [3.05, 3.63) is 46.4 Å². The van der Waals surface area contributed by atoms with E-state index in [-0.39, 0.29) is 29.8 Å². The Bertz CT molecular complexity index is 687. The molecule has 0 saturated carbocycles. The first-order valence-corrected chi connectivity index (χ1v) is 8.91. The molecule has 23 heavy (non-hydrogen) atoms. The van der Waals surface area contributed by atoms with Crippen LogP contribution in [0.5, 0.6) is 0 Å². The van der Waals surface area contributed by atoms with Gasteiger partial charge in [0.05, 0.1) is 22.9 Å². The van der Waals surface area contributed by atoms with Gasteiger partial charge in [0.15, 0.2) is 5.78 Å². The number of aromatic nitrogens is 1. The number of rotatable bonds is 4. The maximum Gasteiger partial charge on any atom is 0.315 e. The van der Waals surface area contributed by atoms with E-state index in [0.29, 0.717) is 0 Å². The molecule has 0 amide bonds. The topological polar surface area (TPSA) is 48.3 Å². The fraction of sp³-hybridized carbons (Fsp3) is 0.444. The number of carbonyl (C=O) groups excluding carboxylic acids is 2. The van der Waals surface area contributed by atoms with Gasteiger partial charge in [-0.15, -0.1) is 11.3 Å². The molecule has 0 fully saturated rings. The van der Waals surface area contributed by atoms with Crippen LogP contribution in [0.25, 0.3) is 0 Å². The molecule has 4 nitrogen and oxygen atoms in total. The van der Waals surface area contributed by atoms with Crippen LogP contribution in [-0.2, 0) is 9.53 Å². The second-order valence-electron chi connectivity index (χ2n) is 6.17. The molecule has 0 bridgehead atoms. The molecule has 122 valence electrons. The zero-order valence-electron chi connectivity index (χ0n) is 13.4. The average molecular weight is 331 g/mol. The number of ketones is 1. The number of fused-ring (bicyclic) bond motifs is 1. The van der Waals surface area contributed by atoms with Crippen LogP contribution in [0, 0.1) is 0 Å². The summed E-state index contributed by atoms with van der Waals surface area (Å²) in [7, 11) is 0. The molecule has 2 atom stereocenters. The molecular formula is C18H21NO3S. The smallest absolute Gasteiger partial charge is 0.315 e. The van der Waals surface area contributed by atoms with Crippen molar-refractivity contribution in [2.75, 3.05) is 0 Å². The third-order valence-electron chi connectivity index (χ3n) is 4.18. The number of hydrogen-bond acceptors (Lipinski definition) is 4. The average Bonchev–Trinajstić information content (AvgIpc) is 3.15. The second kappa shape index (κ2) is 6.71. The minimum absolute atomic E-state index is 0.127. The van der Waals surface area contributed by atoms with E-state index in [1.807, 2.05) is 54.3 Å². The van der Waals surface area contributed by atoms with Gasteiger partial charge in [0.2, 0.25) is 0 Å². The number of ether oxygens (including phenoxy) is 1. The van der Waals surface area contributed by atoms with E-state index >= 15 is 0 Å². The Hall–Kier alpha value is -1.88. The van der Waals surface area contributed by atoms with Crippen molar-refractivity contribution in [2.45, 2.75) is 51.2 Å². The molecule has 0 radical (unpaired) electrons. The van der Waals surface area contributed by atoms with Gasteiger partial charge in [0.1, 0.15) is 0 Å². The van der Waals surface area contributed by atoms with E-state index in [2.05, 4.69) is 0 Å². The summed E-state index contributed by atoms with van der Waals surface area (Å²) in [5.74, 6) is -0.340. The summed E-state index contributed by atoms with van der Waals surface area (Å²) in [4.78, 5) is 26.0. The van der Waals surface area contributed by atoms with E-state index in [9.17, 15) is 9.59 Å². The lowest BCUT2D eigenvalue weighted by atomic mass is 9.99. The van der Waals surface area contributed by atoms with E-state index in [0.717, 1.165) is 29.8 Å². The first kappa shape index (κ1) is 16.0. The van der Waals surface area contributed by atoms with Crippen molar-refractivity contribution in [1.29, 1.82) is 0 Å². The monoisotopic (exact) mass is 331 g/mol. The van der Waals surface area contributed by atoms with Crippen LogP contribution in [-0.4, -0.2) is 22.4 Å². The standard InChI is InChI=1S/C18H21NO3S/c1-12(2)22-18(21)13-6-3-7-15(19-10-4-8-14(13)19)17(20)16-9-5-11-23-16/h4-5,8-13,15H,3,6-7H2,1-2H3. The third-order valence-corrected chi connectivity index (χ3v) is 5.06. The summed E-state index contributed by atoms with van der Waals surface area (Å²) in [6.07, 6.45) is 4.10. The number of hydrogen-bond donors (Lipinski definition) is 0. The van der Waals surface area contributed by atoms with Crippen LogP contribution in [0.2, 0.25) is 0 Å². The van der Waals surface area contributed by atoms with Gasteiger partial charge in [0.25, 0.3) is 0 Å². The summed E-state index contributed by atoms with van der Waals surface area (Å²) in [5, 5.41) is 1.92. The maximum atomic E-state index is 12.8. The molecule has 0 N–H and O–H groups in total. The zero-order valence-corrected chi connectivity index (χ0v) is 14.2. The lowest BCUT2D eigenvalue weighted by Crippen LogP contribution is -2.23. The van der Waals surface area contributed by atoms with E-state index in [1.54, 1.807) is 0 Å². The number of nitrogens with zero attached hydrogens (tertiary/aromatic N) is 1. The zero-order chi connectivity index (χ0) is 16.4. The van der Waals surface area contributed by atoms with Crippen molar-refractivity contribution in [3.63, 3.8) is 0 Å². The predicted octanol–water partition coefficient (Wildman–Crippen LogP) is 4.19. The van der Waals surface area contributed by atoms with Gasteiger partial charge in [-0.1, -0.05) is 6.07 Å². The van der Waals surface area contributed by atoms with Gasteiger partial charge in [-0.25, -0.2) is 0 Å². The Morgan fingerprint density at radius 1 is 1.26 bits per heavy atom. The number of carbonyl (C=O) groups is 2. The lowest BCUT2D eigenvalue weighted by Gasteiger charge is -2.20. The molecule has 0 saturated heterocycles. The highest BCUT2D eigenvalue weighted by molar-refractivity contribution is 7.12. The van der Waals surface area contributed by atoms with Crippen LogP contribution in [0.1, 0.15) is 60.4 Å². The first-order chi connectivity index (χ1) is 11.1. The lowest BCUT2D eigenvalue weighted by molar-refractivity contribution is -0.149. The molecule has 3 heterocycles. The molecule has 0 aromatic carbocycles. The molecule has 2 aromatic rings. The SMILES string of the molecule is CC(C)OC(=O)C1CCCC(C(=O)c2cccs2)n2cccc21. The predicted molar refractivity (Wildman–Crippen MR) is 89.9 cm³/mol. The highest BCUT2D eigenvalue weighted by Crippen LogP contribution is 2.35. The number of Topliss-reactive ketones (excluding diaryl/α,β-unsaturated/α-hetero) is 1. The van der Waals surface area contributed by atoms with Gasteiger partial charge in [-0.05, 0) is 56.7 Å². The second-order valence-corrected chi connectivity index (χ2v) is 7.11. The molecule has 0 aliphatic carbocycles. The van der Waals surface area contributed by atoms with Gasteiger partial charge in [0, 0.05) is 11.9 Å². The van der Waals surface area contributed by atoms with E-state index in [4.69, 9.17) is 4.74 Å². The summed E-state index contributed by atoms with van der Waals surface area (Å²) >= 11 is 1.47. The summed E-state index contributed by atoms with van der Waals surface area (Å²) < 4.78 is 7.38. The summed E-state index contributed by atoms with van der Waals surface area (Å²) in [6, 6.07) is 7.38. The minimum Gasteiger partial charge on any atom is -0.462 e. The number of esters is 1. The van der Waals surface area contributed by atoms with Crippen molar-refractivity contribution >= 4 is 23.1 Å². The minimum atomic E-state index is -0.284. The van der Waals surface area contributed by atoms with Gasteiger partial charge in [-0.3, -0.25) is 9.59 Å².